The lowest BCUT2D eigenvalue weighted by atomic mass is 9.94. The Balaban J connectivity index is 1.37. The molecule has 4 heterocycles. The third-order valence-corrected chi connectivity index (χ3v) is 11.2. The molecule has 7 nitrogen and oxygen atoms in total. The number of amides is 1. The molecule has 1 atom stereocenters. The van der Waals surface area contributed by atoms with Crippen LogP contribution in [0.1, 0.15) is 76.0 Å². The molecule has 1 aliphatic heterocycles. The Kier molecular flexibility index (Phi) is 8.38. The van der Waals surface area contributed by atoms with E-state index in [1.165, 1.54) is 16.7 Å². The average molecular weight is 676 g/mol. The molecule has 49 heavy (non-hydrogen) atoms. The molecule has 8 heteroatoms. The molecule has 1 aliphatic rings. The molecule has 0 N–H and O–H groups in total. The first-order valence-corrected chi connectivity index (χ1v) is 17.7. The minimum absolute atomic E-state index is 0.0447. The molecule has 0 fully saturated rings. The maximum Gasteiger partial charge on any atom is 0.275 e. The van der Waals surface area contributed by atoms with E-state index in [1.54, 1.807) is 0 Å². The molecule has 0 unspecified atom stereocenters. The number of rotatable bonds is 8. The molecule has 1 amide bonds. The molecule has 0 bridgehead atoms. The smallest absolute Gasteiger partial charge is 0.275 e. The number of ether oxygens (including phenoxy) is 1. The number of aromatic nitrogens is 4. The number of carbonyl (C=O) groups excluding carboxylic acids is 1. The summed E-state index contributed by atoms with van der Waals surface area (Å²) in [5.74, 6) is 0.867. The molecule has 254 valence electrons. The molecule has 0 radical (unpaired) electrons. The standard InChI is InChI=1S/C41H46ClN5O2/c1-10-29-14-16-33-34(20-29)44(8)22-35(33)46-21-26(5)47-39-32(15-13-23(2)36(39)37-27(6)43-45(9)28(37)7)31(40(47)41(46)48)12-11-17-49-30-18-24(3)38(42)25(4)19-30/h13-16,18-20,22,26H,10-12,17,21H2,1-9H3/t26-/m1/s1. The Bertz CT molecular complexity index is 2260. The first-order chi connectivity index (χ1) is 23.4. The van der Waals surface area contributed by atoms with Crippen molar-refractivity contribution in [1.29, 1.82) is 0 Å². The predicted octanol–water partition coefficient (Wildman–Crippen LogP) is 9.52. The summed E-state index contributed by atoms with van der Waals surface area (Å²) in [6, 6.07) is 15.1. The van der Waals surface area contributed by atoms with Crippen molar-refractivity contribution in [2.24, 2.45) is 14.1 Å². The van der Waals surface area contributed by atoms with Crippen LogP contribution in [0.15, 0.2) is 48.7 Å². The van der Waals surface area contributed by atoms with Gasteiger partial charge in [0, 0.05) is 65.5 Å². The van der Waals surface area contributed by atoms with Gasteiger partial charge in [-0.25, -0.2) is 0 Å². The van der Waals surface area contributed by atoms with Gasteiger partial charge in [0.2, 0.25) is 0 Å². The Morgan fingerprint density at radius 1 is 0.939 bits per heavy atom. The Labute approximate surface area is 294 Å². The number of halogens is 1. The normalized spacial score (nSPS) is 14.8. The van der Waals surface area contributed by atoms with Gasteiger partial charge in [0.05, 0.1) is 29.0 Å². The third-order valence-electron chi connectivity index (χ3n) is 10.6. The second-order valence-corrected chi connectivity index (χ2v) is 14.3. The fourth-order valence-corrected chi connectivity index (χ4v) is 8.09. The number of benzene rings is 3. The van der Waals surface area contributed by atoms with Crippen LogP contribution in [0.25, 0.3) is 32.9 Å². The van der Waals surface area contributed by atoms with Gasteiger partial charge in [-0.2, -0.15) is 5.10 Å². The molecular formula is C41H46ClN5O2. The molecule has 3 aromatic carbocycles. The molecule has 6 aromatic rings. The number of nitrogens with zero attached hydrogens (tertiary/aromatic N) is 5. The molecule has 7 rings (SSSR count). The van der Waals surface area contributed by atoms with Crippen molar-refractivity contribution in [2.75, 3.05) is 18.1 Å². The Hall–Kier alpha value is -4.49. The monoisotopic (exact) mass is 675 g/mol. The summed E-state index contributed by atoms with van der Waals surface area (Å²) >= 11 is 6.42. The number of anilines is 1. The van der Waals surface area contributed by atoms with Crippen LogP contribution in [0.2, 0.25) is 5.02 Å². The van der Waals surface area contributed by atoms with Crippen LogP contribution >= 0.6 is 11.6 Å². The summed E-state index contributed by atoms with van der Waals surface area (Å²) < 4.78 is 12.7. The number of hydrogen-bond acceptors (Lipinski definition) is 3. The van der Waals surface area contributed by atoms with Gasteiger partial charge in [0.15, 0.2) is 0 Å². The average Bonchev–Trinajstić information content (AvgIpc) is 3.67. The summed E-state index contributed by atoms with van der Waals surface area (Å²) in [6.45, 7) is 15.9. The van der Waals surface area contributed by atoms with Crippen molar-refractivity contribution in [3.8, 4) is 16.9 Å². The van der Waals surface area contributed by atoms with E-state index >= 15 is 0 Å². The highest BCUT2D eigenvalue weighted by atomic mass is 35.5. The van der Waals surface area contributed by atoms with Crippen LogP contribution in [0.4, 0.5) is 5.69 Å². The van der Waals surface area contributed by atoms with Gasteiger partial charge >= 0.3 is 0 Å². The lowest BCUT2D eigenvalue weighted by molar-refractivity contribution is 0.0957. The number of aryl methyl sites for hydroxylation is 8. The van der Waals surface area contributed by atoms with E-state index in [0.717, 1.165) is 90.4 Å². The van der Waals surface area contributed by atoms with E-state index in [1.807, 2.05) is 42.6 Å². The highest BCUT2D eigenvalue weighted by Crippen LogP contribution is 2.44. The molecule has 0 saturated carbocycles. The first kappa shape index (κ1) is 33.0. The quantitative estimate of drug-likeness (QED) is 0.151. The number of carbonyl (C=O) groups is 1. The minimum Gasteiger partial charge on any atom is -0.494 e. The van der Waals surface area contributed by atoms with E-state index in [2.05, 4.69) is 87.3 Å². The van der Waals surface area contributed by atoms with Crippen LogP contribution in [-0.2, 0) is 26.9 Å². The summed E-state index contributed by atoms with van der Waals surface area (Å²) in [5.41, 5.74) is 14.0. The SMILES string of the molecule is CCc1ccc2c(N3C[C@@H](C)n4c(c(CCCOc5cc(C)c(Cl)c(C)c5)c5ccc(C)c(-c6c(C)nn(C)c6C)c54)C3=O)cn(C)c2c1. The van der Waals surface area contributed by atoms with Crippen molar-refractivity contribution in [3.05, 3.63) is 98.6 Å². The van der Waals surface area contributed by atoms with E-state index in [9.17, 15) is 4.79 Å². The van der Waals surface area contributed by atoms with E-state index in [0.29, 0.717) is 19.6 Å². The van der Waals surface area contributed by atoms with Crippen molar-refractivity contribution < 1.29 is 9.53 Å². The summed E-state index contributed by atoms with van der Waals surface area (Å²) in [5, 5.41) is 7.80. The van der Waals surface area contributed by atoms with Crippen molar-refractivity contribution in [3.63, 3.8) is 0 Å². The van der Waals surface area contributed by atoms with E-state index in [4.69, 9.17) is 21.4 Å². The van der Waals surface area contributed by atoms with Crippen LogP contribution in [0.5, 0.6) is 5.75 Å². The van der Waals surface area contributed by atoms with Gasteiger partial charge in [0.25, 0.3) is 5.91 Å². The van der Waals surface area contributed by atoms with E-state index < -0.39 is 0 Å². The van der Waals surface area contributed by atoms with E-state index in [-0.39, 0.29) is 11.9 Å². The topological polar surface area (TPSA) is 57.2 Å². The fraction of sp³-hybridized carbons (Fsp3) is 0.366. The van der Waals surface area contributed by atoms with Gasteiger partial charge in [-0.1, -0.05) is 42.8 Å². The first-order valence-electron chi connectivity index (χ1n) is 17.4. The minimum atomic E-state index is 0.0447. The Morgan fingerprint density at radius 2 is 1.65 bits per heavy atom. The van der Waals surface area contributed by atoms with Crippen LogP contribution in [-0.4, -0.2) is 38.0 Å². The van der Waals surface area contributed by atoms with Gasteiger partial charge in [-0.15, -0.1) is 0 Å². The summed E-state index contributed by atoms with van der Waals surface area (Å²) in [6.07, 6.45) is 4.56. The summed E-state index contributed by atoms with van der Waals surface area (Å²) in [4.78, 5) is 17.0. The fourth-order valence-electron chi connectivity index (χ4n) is 7.98. The van der Waals surface area contributed by atoms with Gasteiger partial charge in [-0.3, -0.25) is 9.48 Å². The molecular weight excluding hydrogens is 630 g/mol. The van der Waals surface area contributed by atoms with Crippen molar-refractivity contribution >= 4 is 45.0 Å². The maximum absolute atomic E-state index is 15.0. The Morgan fingerprint density at radius 3 is 2.33 bits per heavy atom. The van der Waals surface area contributed by atoms with Crippen LogP contribution in [0.3, 0.4) is 0 Å². The zero-order valence-corrected chi connectivity index (χ0v) is 30.9. The molecule has 0 aliphatic carbocycles. The van der Waals surface area contributed by atoms with Crippen molar-refractivity contribution in [2.45, 2.75) is 73.8 Å². The number of hydrogen-bond donors (Lipinski definition) is 0. The molecule has 0 saturated heterocycles. The van der Waals surface area contributed by atoms with Gasteiger partial charge in [-0.05, 0) is 107 Å². The second-order valence-electron chi connectivity index (χ2n) is 13.9. The van der Waals surface area contributed by atoms with Gasteiger partial charge in [0.1, 0.15) is 11.4 Å². The maximum atomic E-state index is 15.0. The van der Waals surface area contributed by atoms with Crippen LogP contribution in [0, 0.1) is 34.6 Å². The zero-order valence-electron chi connectivity index (χ0n) is 30.2. The lowest BCUT2D eigenvalue weighted by Gasteiger charge is -2.34. The largest absolute Gasteiger partial charge is 0.494 e. The van der Waals surface area contributed by atoms with Gasteiger partial charge < -0.3 is 18.8 Å². The second kappa shape index (κ2) is 12.4. The van der Waals surface area contributed by atoms with Crippen molar-refractivity contribution in [1.82, 2.24) is 18.9 Å². The highest BCUT2D eigenvalue weighted by molar-refractivity contribution is 6.32. The molecule has 3 aromatic heterocycles. The number of fused-ring (bicyclic) bond motifs is 4. The third kappa shape index (κ3) is 5.34. The summed E-state index contributed by atoms with van der Waals surface area (Å²) in [7, 11) is 4.07. The van der Waals surface area contributed by atoms with Crippen LogP contribution < -0.4 is 9.64 Å². The molecule has 0 spiro atoms. The zero-order chi connectivity index (χ0) is 34.9. The highest BCUT2D eigenvalue weighted by Gasteiger charge is 2.37. The lowest BCUT2D eigenvalue weighted by Crippen LogP contribution is -2.42. The predicted molar refractivity (Wildman–Crippen MR) is 202 cm³/mol.